The van der Waals surface area contributed by atoms with Gasteiger partial charge in [0.2, 0.25) is 4.96 Å². The molecule has 0 N–H and O–H groups in total. The highest BCUT2D eigenvalue weighted by Gasteiger charge is 2.07. The van der Waals surface area contributed by atoms with Crippen LogP contribution in [0.3, 0.4) is 0 Å². The Kier molecular flexibility index (Phi) is 2.69. The van der Waals surface area contributed by atoms with Crippen LogP contribution in [0.25, 0.3) is 4.96 Å². The predicted octanol–water partition coefficient (Wildman–Crippen LogP) is 0.523. The zero-order chi connectivity index (χ0) is 11.7. The van der Waals surface area contributed by atoms with Gasteiger partial charge in [-0.25, -0.2) is 4.98 Å². The third-order valence-electron chi connectivity index (χ3n) is 1.82. The van der Waals surface area contributed by atoms with Crippen LogP contribution in [0.15, 0.2) is 10.9 Å². The highest BCUT2D eigenvalue weighted by Crippen LogP contribution is 2.09. The van der Waals surface area contributed by atoms with Crippen LogP contribution in [0.1, 0.15) is 17.6 Å². The van der Waals surface area contributed by atoms with E-state index in [1.807, 2.05) is 0 Å². The minimum Gasteiger partial charge on any atom is -0.459 e. The van der Waals surface area contributed by atoms with E-state index in [4.69, 9.17) is 4.74 Å². The van der Waals surface area contributed by atoms with Crippen LogP contribution in [0.4, 0.5) is 0 Å². The molecule has 2 aromatic heterocycles. The van der Waals surface area contributed by atoms with Crippen molar-refractivity contribution in [2.75, 3.05) is 0 Å². The van der Waals surface area contributed by atoms with Crippen molar-refractivity contribution < 1.29 is 9.53 Å². The van der Waals surface area contributed by atoms with E-state index in [1.165, 1.54) is 28.8 Å². The molecule has 2 rings (SSSR count). The van der Waals surface area contributed by atoms with Gasteiger partial charge < -0.3 is 4.74 Å². The fourth-order valence-electron chi connectivity index (χ4n) is 1.20. The largest absolute Gasteiger partial charge is 0.459 e. The number of ether oxygens (including phenoxy) is 1. The van der Waals surface area contributed by atoms with Crippen LogP contribution in [0.2, 0.25) is 0 Å². The third kappa shape index (κ3) is 2.08. The van der Waals surface area contributed by atoms with Gasteiger partial charge in [-0.1, -0.05) is 11.3 Å². The number of fused-ring (bicyclic) bond motifs is 1. The average molecular weight is 239 g/mol. The molecule has 0 fully saturated rings. The summed E-state index contributed by atoms with van der Waals surface area (Å²) in [4.78, 5) is 26.9. The van der Waals surface area contributed by atoms with Gasteiger partial charge in [-0.3, -0.25) is 9.59 Å². The Hall–Kier alpha value is -1.76. The van der Waals surface area contributed by atoms with Crippen molar-refractivity contribution in [3.8, 4) is 0 Å². The zero-order valence-electron chi connectivity index (χ0n) is 8.76. The summed E-state index contributed by atoms with van der Waals surface area (Å²) in [6.07, 6.45) is 0. The smallest absolute Gasteiger partial charge is 0.303 e. The normalized spacial score (nSPS) is 10.6. The molecular weight excluding hydrogens is 230 g/mol. The third-order valence-corrected chi connectivity index (χ3v) is 2.65. The molecule has 16 heavy (non-hydrogen) atoms. The molecule has 0 aliphatic carbocycles. The zero-order valence-corrected chi connectivity index (χ0v) is 9.58. The monoisotopic (exact) mass is 239 g/mol. The van der Waals surface area contributed by atoms with Crippen LogP contribution in [-0.4, -0.2) is 20.6 Å². The number of hydrogen-bond acceptors (Lipinski definition) is 6. The Morgan fingerprint density at radius 2 is 2.38 bits per heavy atom. The molecule has 0 unspecified atom stereocenters. The van der Waals surface area contributed by atoms with Crippen molar-refractivity contribution in [1.82, 2.24) is 14.6 Å². The van der Waals surface area contributed by atoms with E-state index < -0.39 is 5.97 Å². The molecular formula is C9H9N3O3S. The Morgan fingerprint density at radius 3 is 3.06 bits per heavy atom. The summed E-state index contributed by atoms with van der Waals surface area (Å²) in [7, 11) is 0. The summed E-state index contributed by atoms with van der Waals surface area (Å²) < 4.78 is 6.01. The van der Waals surface area contributed by atoms with E-state index in [9.17, 15) is 9.59 Å². The fraction of sp³-hybridized carbons (Fsp3) is 0.333. The first kappa shape index (κ1) is 10.7. The van der Waals surface area contributed by atoms with Gasteiger partial charge in [-0.05, 0) is 6.92 Å². The number of carbonyl (C=O) groups is 1. The maximum atomic E-state index is 11.6. The lowest BCUT2D eigenvalue weighted by atomic mass is 10.4. The Labute approximate surface area is 94.5 Å². The summed E-state index contributed by atoms with van der Waals surface area (Å²) in [5.74, 6) is -0.400. The highest BCUT2D eigenvalue weighted by atomic mass is 32.1. The average Bonchev–Trinajstić information content (AvgIpc) is 2.56. The van der Waals surface area contributed by atoms with Crippen molar-refractivity contribution in [2.24, 2.45) is 0 Å². The maximum Gasteiger partial charge on any atom is 0.303 e. The number of aryl methyl sites for hydroxylation is 1. The molecule has 0 bridgehead atoms. The van der Waals surface area contributed by atoms with Gasteiger partial charge in [-0.2, -0.15) is 9.61 Å². The SMILES string of the molecule is CC(=O)OCc1cc(=O)n2nc(C)sc2n1. The Morgan fingerprint density at radius 1 is 1.62 bits per heavy atom. The van der Waals surface area contributed by atoms with Crippen molar-refractivity contribution in [1.29, 1.82) is 0 Å². The van der Waals surface area contributed by atoms with E-state index in [2.05, 4.69) is 10.1 Å². The predicted molar refractivity (Wildman–Crippen MR) is 57.3 cm³/mol. The standard InChI is InChI=1S/C9H9N3O3S/c1-5-11-12-8(14)3-7(4-15-6(2)13)10-9(12)16-5/h3H,4H2,1-2H3. The van der Waals surface area contributed by atoms with Crippen molar-refractivity contribution in [2.45, 2.75) is 20.5 Å². The van der Waals surface area contributed by atoms with Crippen LogP contribution in [-0.2, 0) is 16.1 Å². The van der Waals surface area contributed by atoms with Crippen molar-refractivity contribution in [3.63, 3.8) is 0 Å². The maximum absolute atomic E-state index is 11.6. The van der Waals surface area contributed by atoms with E-state index >= 15 is 0 Å². The van der Waals surface area contributed by atoms with Gasteiger partial charge in [0.25, 0.3) is 5.56 Å². The second-order valence-corrected chi connectivity index (χ2v) is 4.34. The number of rotatable bonds is 2. The van der Waals surface area contributed by atoms with Gasteiger partial charge in [-0.15, -0.1) is 0 Å². The summed E-state index contributed by atoms with van der Waals surface area (Å²) in [6.45, 7) is 3.12. The Bertz CT molecular complexity index is 602. The summed E-state index contributed by atoms with van der Waals surface area (Å²) >= 11 is 1.31. The molecule has 7 heteroatoms. The van der Waals surface area contributed by atoms with Crippen molar-refractivity contribution >= 4 is 22.3 Å². The second kappa shape index (κ2) is 4.01. The van der Waals surface area contributed by atoms with E-state index in [1.54, 1.807) is 6.92 Å². The van der Waals surface area contributed by atoms with Gasteiger partial charge >= 0.3 is 5.97 Å². The first-order chi connectivity index (χ1) is 7.56. The van der Waals surface area contributed by atoms with E-state index in [0.717, 1.165) is 5.01 Å². The highest BCUT2D eigenvalue weighted by molar-refractivity contribution is 7.16. The number of nitrogens with zero attached hydrogens (tertiary/aromatic N) is 3. The molecule has 84 valence electrons. The fourth-order valence-corrected chi connectivity index (χ4v) is 1.97. The van der Waals surface area contributed by atoms with Gasteiger partial charge in [0.15, 0.2) is 0 Å². The molecule has 0 spiro atoms. The topological polar surface area (TPSA) is 73.6 Å². The number of aromatic nitrogens is 3. The minimum atomic E-state index is -0.400. The molecule has 0 atom stereocenters. The summed E-state index contributed by atoms with van der Waals surface area (Å²) in [5, 5.41) is 4.76. The Balaban J connectivity index is 2.41. The molecule has 0 radical (unpaired) electrons. The minimum absolute atomic E-state index is 0.0119. The van der Waals surface area contributed by atoms with Gasteiger partial charge in [0.05, 0.1) is 5.69 Å². The number of carbonyl (C=O) groups excluding carboxylic acids is 1. The number of esters is 1. The summed E-state index contributed by atoms with van der Waals surface area (Å²) in [6, 6.07) is 1.31. The lowest BCUT2D eigenvalue weighted by molar-refractivity contribution is -0.142. The van der Waals surface area contributed by atoms with Gasteiger partial charge in [0, 0.05) is 13.0 Å². The van der Waals surface area contributed by atoms with Crippen LogP contribution in [0, 0.1) is 6.92 Å². The molecule has 0 saturated carbocycles. The lowest BCUT2D eigenvalue weighted by Crippen LogP contribution is -2.16. The molecule has 2 heterocycles. The molecule has 0 saturated heterocycles. The van der Waals surface area contributed by atoms with E-state index in [0.29, 0.717) is 10.7 Å². The molecule has 0 aromatic carbocycles. The number of hydrogen-bond donors (Lipinski definition) is 0. The van der Waals surface area contributed by atoms with E-state index in [-0.39, 0.29) is 12.2 Å². The molecule has 6 nitrogen and oxygen atoms in total. The van der Waals surface area contributed by atoms with Gasteiger partial charge in [0.1, 0.15) is 11.6 Å². The molecule has 0 aliphatic rings. The summed E-state index contributed by atoms with van der Waals surface area (Å²) in [5.41, 5.74) is 0.167. The second-order valence-electron chi connectivity index (χ2n) is 3.18. The van der Waals surface area contributed by atoms with Crippen LogP contribution >= 0.6 is 11.3 Å². The van der Waals surface area contributed by atoms with Crippen LogP contribution < -0.4 is 5.56 Å². The molecule has 2 aromatic rings. The lowest BCUT2D eigenvalue weighted by Gasteiger charge is -2.00. The first-order valence-electron chi connectivity index (χ1n) is 4.56. The quantitative estimate of drug-likeness (QED) is 0.714. The first-order valence-corrected chi connectivity index (χ1v) is 5.37. The molecule has 0 aliphatic heterocycles. The molecule has 0 amide bonds. The van der Waals surface area contributed by atoms with Crippen molar-refractivity contribution in [3.05, 3.63) is 27.1 Å². The van der Waals surface area contributed by atoms with Crippen LogP contribution in [0.5, 0.6) is 0 Å².